The van der Waals surface area contributed by atoms with E-state index in [-0.39, 0.29) is 0 Å². The average molecular weight is 303 g/mol. The van der Waals surface area contributed by atoms with Gasteiger partial charge < -0.3 is 0 Å². The fourth-order valence-electron chi connectivity index (χ4n) is 4.26. The van der Waals surface area contributed by atoms with Crippen molar-refractivity contribution >= 4 is 54.0 Å². The summed E-state index contributed by atoms with van der Waals surface area (Å²) in [6.07, 6.45) is 1.87. The van der Waals surface area contributed by atoms with Crippen molar-refractivity contribution in [3.63, 3.8) is 0 Å². The maximum atomic E-state index is 4.56. The fraction of sp³-hybridized carbons (Fsp3) is 0. The van der Waals surface area contributed by atoms with Crippen molar-refractivity contribution in [1.29, 1.82) is 0 Å². The Kier molecular flexibility index (Phi) is 2.15. The molecule has 1 heteroatoms. The molecule has 0 bridgehead atoms. The SMILES string of the molecule is c1cnc2ccc3c4cccc5ccc6cccc(c3c2c1)c6c54. The van der Waals surface area contributed by atoms with E-state index < -0.39 is 0 Å². The summed E-state index contributed by atoms with van der Waals surface area (Å²) >= 11 is 0. The highest BCUT2D eigenvalue weighted by molar-refractivity contribution is 6.37. The molecule has 0 aliphatic heterocycles. The van der Waals surface area contributed by atoms with Crippen LogP contribution < -0.4 is 0 Å². The van der Waals surface area contributed by atoms with Gasteiger partial charge in [-0.1, -0.05) is 60.7 Å². The minimum Gasteiger partial charge on any atom is -0.256 e. The lowest BCUT2D eigenvalue weighted by atomic mass is 9.88. The van der Waals surface area contributed by atoms with Gasteiger partial charge in [0.05, 0.1) is 5.52 Å². The maximum absolute atomic E-state index is 4.56. The maximum Gasteiger partial charge on any atom is 0.0708 e. The van der Waals surface area contributed by atoms with Crippen LogP contribution in [-0.4, -0.2) is 4.98 Å². The van der Waals surface area contributed by atoms with E-state index in [4.69, 9.17) is 0 Å². The molecule has 0 radical (unpaired) electrons. The summed E-state index contributed by atoms with van der Waals surface area (Å²) in [5.74, 6) is 0. The standard InChI is InChI=1S/C23H13N/c1-4-14-9-10-15-5-2-7-19-22(15)21(14)16(6-1)17-11-12-20-18(23(17)19)8-3-13-24-20/h1-13H. The van der Waals surface area contributed by atoms with E-state index in [0.717, 1.165) is 5.52 Å². The van der Waals surface area contributed by atoms with Gasteiger partial charge in [0.2, 0.25) is 0 Å². The summed E-state index contributed by atoms with van der Waals surface area (Å²) < 4.78 is 0. The van der Waals surface area contributed by atoms with Crippen LogP contribution in [0.15, 0.2) is 79.0 Å². The highest BCUT2D eigenvalue weighted by Crippen LogP contribution is 2.42. The van der Waals surface area contributed by atoms with Crippen LogP contribution in [-0.2, 0) is 0 Å². The van der Waals surface area contributed by atoms with E-state index in [2.05, 4.69) is 71.7 Å². The Hall–Kier alpha value is -3.19. The topological polar surface area (TPSA) is 12.9 Å². The van der Waals surface area contributed by atoms with Crippen LogP contribution in [0, 0.1) is 0 Å². The number of rotatable bonds is 0. The fourth-order valence-corrected chi connectivity index (χ4v) is 4.26. The molecule has 5 aromatic carbocycles. The molecule has 6 aromatic rings. The van der Waals surface area contributed by atoms with Crippen LogP contribution in [0.5, 0.6) is 0 Å². The highest BCUT2D eigenvalue weighted by atomic mass is 14.6. The first-order chi connectivity index (χ1) is 11.9. The number of nitrogens with zero attached hydrogens (tertiary/aromatic N) is 1. The number of benzene rings is 5. The summed E-state index contributed by atoms with van der Waals surface area (Å²) in [7, 11) is 0. The van der Waals surface area contributed by atoms with Crippen LogP contribution >= 0.6 is 0 Å². The monoisotopic (exact) mass is 303 g/mol. The molecular weight excluding hydrogens is 290 g/mol. The van der Waals surface area contributed by atoms with E-state index in [1.54, 1.807) is 0 Å². The lowest BCUT2D eigenvalue weighted by Crippen LogP contribution is -1.88. The van der Waals surface area contributed by atoms with Crippen molar-refractivity contribution in [2.45, 2.75) is 0 Å². The molecule has 0 atom stereocenters. The summed E-state index contributed by atoms with van der Waals surface area (Å²) in [5.41, 5.74) is 1.06. The summed E-state index contributed by atoms with van der Waals surface area (Å²) in [4.78, 5) is 4.56. The molecule has 0 saturated carbocycles. The Morgan fingerprint density at radius 2 is 1.12 bits per heavy atom. The number of aromatic nitrogens is 1. The predicted molar refractivity (Wildman–Crippen MR) is 103 cm³/mol. The Labute approximate surface area is 138 Å². The van der Waals surface area contributed by atoms with Crippen LogP contribution in [0.1, 0.15) is 0 Å². The number of hydrogen-bond donors (Lipinski definition) is 0. The minimum absolute atomic E-state index is 1.06. The van der Waals surface area contributed by atoms with Crippen LogP contribution in [0.25, 0.3) is 54.0 Å². The van der Waals surface area contributed by atoms with Crippen molar-refractivity contribution in [2.75, 3.05) is 0 Å². The Balaban J connectivity index is 2.11. The number of pyridine rings is 1. The van der Waals surface area contributed by atoms with E-state index >= 15 is 0 Å². The van der Waals surface area contributed by atoms with Gasteiger partial charge in [-0.2, -0.15) is 0 Å². The second-order valence-corrected chi connectivity index (χ2v) is 6.43. The largest absolute Gasteiger partial charge is 0.256 e. The second-order valence-electron chi connectivity index (χ2n) is 6.43. The zero-order valence-electron chi connectivity index (χ0n) is 13.0. The van der Waals surface area contributed by atoms with Crippen LogP contribution in [0.4, 0.5) is 0 Å². The molecule has 24 heavy (non-hydrogen) atoms. The number of fused-ring (bicyclic) bond motifs is 5. The van der Waals surface area contributed by atoms with Gasteiger partial charge in [-0.3, -0.25) is 4.98 Å². The van der Waals surface area contributed by atoms with Gasteiger partial charge in [0.1, 0.15) is 0 Å². The molecule has 0 saturated heterocycles. The predicted octanol–water partition coefficient (Wildman–Crippen LogP) is 6.29. The molecule has 6 rings (SSSR count). The van der Waals surface area contributed by atoms with Gasteiger partial charge in [0.25, 0.3) is 0 Å². The molecule has 0 aliphatic carbocycles. The van der Waals surface area contributed by atoms with Crippen molar-refractivity contribution in [3.05, 3.63) is 79.0 Å². The van der Waals surface area contributed by atoms with Gasteiger partial charge in [0.15, 0.2) is 0 Å². The molecule has 0 unspecified atom stereocenters. The lowest BCUT2D eigenvalue weighted by Gasteiger charge is -2.15. The quantitative estimate of drug-likeness (QED) is 0.237. The smallest absolute Gasteiger partial charge is 0.0708 e. The lowest BCUT2D eigenvalue weighted by molar-refractivity contribution is 1.42. The first-order valence-electron chi connectivity index (χ1n) is 8.25. The van der Waals surface area contributed by atoms with E-state index in [0.29, 0.717) is 0 Å². The zero-order valence-corrected chi connectivity index (χ0v) is 13.0. The zero-order chi connectivity index (χ0) is 15.7. The van der Waals surface area contributed by atoms with Crippen molar-refractivity contribution in [2.24, 2.45) is 0 Å². The molecule has 1 nitrogen and oxygen atoms in total. The third kappa shape index (κ3) is 1.38. The summed E-state index contributed by atoms with van der Waals surface area (Å²) in [5, 5.41) is 11.9. The Morgan fingerprint density at radius 3 is 1.96 bits per heavy atom. The second kappa shape index (κ2) is 4.21. The van der Waals surface area contributed by atoms with E-state index in [1.165, 1.54) is 48.5 Å². The minimum atomic E-state index is 1.06. The van der Waals surface area contributed by atoms with Gasteiger partial charge >= 0.3 is 0 Å². The van der Waals surface area contributed by atoms with Crippen LogP contribution in [0.3, 0.4) is 0 Å². The molecule has 1 aromatic heterocycles. The summed E-state index contributed by atoms with van der Waals surface area (Å²) in [6, 6.07) is 26.3. The normalized spacial score (nSPS) is 12.2. The van der Waals surface area contributed by atoms with Gasteiger partial charge in [0, 0.05) is 11.6 Å². The Bertz CT molecular complexity index is 1400. The highest BCUT2D eigenvalue weighted by Gasteiger charge is 2.14. The van der Waals surface area contributed by atoms with Crippen molar-refractivity contribution < 1.29 is 0 Å². The van der Waals surface area contributed by atoms with Crippen molar-refractivity contribution in [3.8, 4) is 0 Å². The van der Waals surface area contributed by atoms with Gasteiger partial charge in [-0.15, -0.1) is 0 Å². The molecule has 1 heterocycles. The van der Waals surface area contributed by atoms with Crippen molar-refractivity contribution in [1.82, 2.24) is 4.98 Å². The average Bonchev–Trinajstić information content (AvgIpc) is 2.66. The Morgan fingerprint density at radius 1 is 0.458 bits per heavy atom. The third-order valence-electron chi connectivity index (χ3n) is 5.23. The first kappa shape index (κ1) is 12.3. The van der Waals surface area contributed by atoms with E-state index in [1.807, 2.05) is 12.3 Å². The van der Waals surface area contributed by atoms with Crippen LogP contribution in [0.2, 0.25) is 0 Å². The molecular formula is C23H13N. The molecule has 0 spiro atoms. The van der Waals surface area contributed by atoms with E-state index in [9.17, 15) is 0 Å². The molecule has 110 valence electrons. The molecule has 0 fully saturated rings. The summed E-state index contributed by atoms with van der Waals surface area (Å²) in [6.45, 7) is 0. The van der Waals surface area contributed by atoms with Gasteiger partial charge in [-0.05, 0) is 55.2 Å². The molecule has 0 N–H and O–H groups in total. The van der Waals surface area contributed by atoms with Gasteiger partial charge in [-0.25, -0.2) is 0 Å². The molecule has 0 aliphatic rings. The number of hydrogen-bond acceptors (Lipinski definition) is 1. The molecule has 0 amide bonds. The first-order valence-corrected chi connectivity index (χ1v) is 8.25. The third-order valence-corrected chi connectivity index (χ3v) is 5.23.